The van der Waals surface area contributed by atoms with Crippen molar-refractivity contribution < 1.29 is 14.3 Å². The van der Waals surface area contributed by atoms with Crippen LogP contribution in [0.4, 0.5) is 5.69 Å². The number of anilines is 1. The number of para-hydroxylation sites is 1. The van der Waals surface area contributed by atoms with Crippen LogP contribution in [0.5, 0.6) is 0 Å². The molecule has 2 heterocycles. The number of nitrogens with one attached hydrogen (secondary N) is 2. The van der Waals surface area contributed by atoms with E-state index in [4.69, 9.17) is 4.74 Å². The molecule has 0 unspecified atom stereocenters. The van der Waals surface area contributed by atoms with Crippen LogP contribution in [-0.4, -0.2) is 37.7 Å². The Hall–Kier alpha value is -3.49. The molecule has 9 heteroatoms. The number of ether oxygens (including phenoxy) is 1. The van der Waals surface area contributed by atoms with E-state index in [1.54, 1.807) is 36.9 Å². The number of fused-ring (bicyclic) bond motifs is 1. The second kappa shape index (κ2) is 8.89. The van der Waals surface area contributed by atoms with Crippen molar-refractivity contribution in [2.75, 3.05) is 5.32 Å². The average molecular weight is 411 g/mol. The van der Waals surface area contributed by atoms with Crippen molar-refractivity contribution in [1.82, 2.24) is 19.7 Å². The minimum atomic E-state index is -0.935. The van der Waals surface area contributed by atoms with E-state index < -0.39 is 18.0 Å². The summed E-state index contributed by atoms with van der Waals surface area (Å²) in [5, 5.41) is 7.53. The number of aryl methyl sites for hydroxylation is 3. The Kier molecular flexibility index (Phi) is 6.29. The van der Waals surface area contributed by atoms with Gasteiger partial charge >= 0.3 is 5.97 Å². The normalized spacial score (nSPS) is 12.0. The highest BCUT2D eigenvalue weighted by Gasteiger charge is 2.20. The van der Waals surface area contributed by atoms with Gasteiger partial charge in [-0.05, 0) is 39.3 Å². The summed E-state index contributed by atoms with van der Waals surface area (Å²) >= 11 is 0. The maximum atomic E-state index is 12.3. The molecule has 2 aromatic heterocycles. The zero-order valence-electron chi connectivity index (χ0n) is 17.5. The molecule has 3 aromatic rings. The van der Waals surface area contributed by atoms with E-state index in [0.717, 1.165) is 5.69 Å². The molecule has 0 saturated carbocycles. The average Bonchev–Trinajstić information content (AvgIpc) is 2.94. The van der Waals surface area contributed by atoms with Crippen molar-refractivity contribution in [3.05, 3.63) is 51.8 Å². The maximum absolute atomic E-state index is 12.3. The van der Waals surface area contributed by atoms with Crippen LogP contribution in [0.2, 0.25) is 0 Å². The zero-order valence-corrected chi connectivity index (χ0v) is 17.5. The number of benzene rings is 1. The van der Waals surface area contributed by atoms with Crippen LogP contribution in [0.15, 0.2) is 29.1 Å². The summed E-state index contributed by atoms with van der Waals surface area (Å²) in [7, 11) is 1.79. The summed E-state index contributed by atoms with van der Waals surface area (Å²) in [4.78, 5) is 43.7. The smallest absolute Gasteiger partial charge is 0.306 e. The Balaban J connectivity index is 1.50. The Morgan fingerprint density at radius 1 is 1.27 bits per heavy atom. The topological polar surface area (TPSA) is 119 Å². The second-order valence-corrected chi connectivity index (χ2v) is 7.17. The number of esters is 1. The number of nitrogens with zero attached hydrogens (tertiary/aromatic N) is 3. The second-order valence-electron chi connectivity index (χ2n) is 7.17. The predicted molar refractivity (Wildman–Crippen MR) is 112 cm³/mol. The highest BCUT2D eigenvalue weighted by atomic mass is 16.5. The lowest BCUT2D eigenvalue weighted by Gasteiger charge is -2.13. The van der Waals surface area contributed by atoms with Crippen molar-refractivity contribution in [3.8, 4) is 0 Å². The summed E-state index contributed by atoms with van der Waals surface area (Å²) in [6, 6.07) is 7.08. The molecule has 1 aromatic carbocycles. The van der Waals surface area contributed by atoms with Crippen molar-refractivity contribution in [3.63, 3.8) is 0 Å². The monoisotopic (exact) mass is 411 g/mol. The molecular formula is C21H25N5O4. The van der Waals surface area contributed by atoms with Gasteiger partial charge in [0.1, 0.15) is 5.82 Å². The molecule has 0 bridgehead atoms. The zero-order chi connectivity index (χ0) is 21.8. The summed E-state index contributed by atoms with van der Waals surface area (Å²) in [5.74, 6) is -0.386. The highest BCUT2D eigenvalue weighted by molar-refractivity contribution is 5.96. The van der Waals surface area contributed by atoms with Crippen molar-refractivity contribution in [1.29, 1.82) is 0 Å². The largest absolute Gasteiger partial charge is 0.453 e. The number of aromatic amines is 1. The Morgan fingerprint density at radius 2 is 2.00 bits per heavy atom. The van der Waals surface area contributed by atoms with E-state index in [2.05, 4.69) is 20.4 Å². The number of amides is 1. The molecule has 0 saturated heterocycles. The number of hydrogen-bond acceptors (Lipinski definition) is 6. The van der Waals surface area contributed by atoms with E-state index in [0.29, 0.717) is 41.0 Å². The number of rotatable bonds is 7. The van der Waals surface area contributed by atoms with Gasteiger partial charge in [-0.3, -0.25) is 19.1 Å². The first-order valence-corrected chi connectivity index (χ1v) is 9.74. The summed E-state index contributed by atoms with van der Waals surface area (Å²) < 4.78 is 6.91. The number of aromatic nitrogens is 4. The van der Waals surface area contributed by atoms with Gasteiger partial charge in [0, 0.05) is 19.9 Å². The first-order valence-electron chi connectivity index (χ1n) is 9.74. The van der Waals surface area contributed by atoms with Gasteiger partial charge in [-0.2, -0.15) is 5.10 Å². The van der Waals surface area contributed by atoms with Gasteiger partial charge in [-0.15, -0.1) is 0 Å². The Morgan fingerprint density at radius 3 is 2.70 bits per heavy atom. The molecule has 2 N–H and O–H groups in total. The highest BCUT2D eigenvalue weighted by Crippen LogP contribution is 2.18. The van der Waals surface area contributed by atoms with Crippen LogP contribution in [0.1, 0.15) is 37.0 Å². The maximum Gasteiger partial charge on any atom is 0.306 e. The molecule has 0 radical (unpaired) electrons. The molecule has 0 aliphatic rings. The summed E-state index contributed by atoms with van der Waals surface area (Å²) in [5.41, 5.74) is 2.54. The quantitative estimate of drug-likeness (QED) is 0.575. The molecule has 0 aliphatic heterocycles. The van der Waals surface area contributed by atoms with Crippen LogP contribution in [0, 0.1) is 13.8 Å². The summed E-state index contributed by atoms with van der Waals surface area (Å²) in [6.45, 7) is 5.17. The number of H-pyrrole nitrogens is 1. The molecular weight excluding hydrogens is 386 g/mol. The fourth-order valence-corrected chi connectivity index (χ4v) is 3.14. The lowest BCUT2D eigenvalue weighted by molar-refractivity contribution is -0.153. The fraction of sp³-hybridized carbons (Fsp3) is 0.381. The third-order valence-corrected chi connectivity index (χ3v) is 4.89. The van der Waals surface area contributed by atoms with Gasteiger partial charge in [-0.25, -0.2) is 4.98 Å². The van der Waals surface area contributed by atoms with E-state index in [9.17, 15) is 14.4 Å². The van der Waals surface area contributed by atoms with Crippen LogP contribution >= 0.6 is 0 Å². The molecule has 158 valence electrons. The van der Waals surface area contributed by atoms with Gasteiger partial charge in [-0.1, -0.05) is 12.1 Å². The third kappa shape index (κ3) is 4.73. The van der Waals surface area contributed by atoms with Crippen LogP contribution in [0.3, 0.4) is 0 Å². The molecule has 30 heavy (non-hydrogen) atoms. The van der Waals surface area contributed by atoms with Crippen LogP contribution in [0.25, 0.3) is 10.9 Å². The van der Waals surface area contributed by atoms with E-state index in [-0.39, 0.29) is 12.0 Å². The van der Waals surface area contributed by atoms with Crippen molar-refractivity contribution in [2.24, 2.45) is 7.05 Å². The predicted octanol–water partition coefficient (Wildman–Crippen LogP) is 2.17. The SMILES string of the molecule is Cc1nn(C)c(C)c1NC(=O)[C@H](C)OC(=O)CCCc1nc2ccccc2c(=O)[nH]1. The van der Waals surface area contributed by atoms with E-state index in [1.807, 2.05) is 13.0 Å². The molecule has 1 amide bonds. The molecule has 0 aliphatic carbocycles. The van der Waals surface area contributed by atoms with Gasteiger partial charge in [0.15, 0.2) is 6.10 Å². The molecule has 0 fully saturated rings. The fourth-order valence-electron chi connectivity index (χ4n) is 3.14. The molecule has 1 atom stereocenters. The molecule has 3 rings (SSSR count). The molecule has 0 spiro atoms. The summed E-state index contributed by atoms with van der Waals surface area (Å²) in [6.07, 6.45) is 0.0354. The Bertz CT molecular complexity index is 1150. The number of carbonyl (C=O) groups excluding carboxylic acids is 2. The van der Waals surface area contributed by atoms with Gasteiger partial charge in [0.05, 0.1) is 28.0 Å². The van der Waals surface area contributed by atoms with Gasteiger partial charge < -0.3 is 15.0 Å². The van der Waals surface area contributed by atoms with Crippen LogP contribution < -0.4 is 10.9 Å². The molecule has 9 nitrogen and oxygen atoms in total. The van der Waals surface area contributed by atoms with Crippen molar-refractivity contribution >= 4 is 28.5 Å². The number of carbonyl (C=O) groups is 2. The first kappa shape index (κ1) is 21.2. The van der Waals surface area contributed by atoms with Gasteiger partial charge in [0.2, 0.25) is 0 Å². The van der Waals surface area contributed by atoms with Crippen LogP contribution in [-0.2, 0) is 27.8 Å². The third-order valence-electron chi connectivity index (χ3n) is 4.89. The lowest BCUT2D eigenvalue weighted by Crippen LogP contribution is -2.30. The number of hydrogen-bond donors (Lipinski definition) is 2. The minimum Gasteiger partial charge on any atom is -0.453 e. The van der Waals surface area contributed by atoms with E-state index in [1.165, 1.54) is 6.92 Å². The lowest BCUT2D eigenvalue weighted by atomic mass is 10.2. The van der Waals surface area contributed by atoms with Gasteiger partial charge in [0.25, 0.3) is 11.5 Å². The minimum absolute atomic E-state index is 0.110. The Labute approximate surface area is 173 Å². The van der Waals surface area contributed by atoms with Crippen molar-refractivity contribution in [2.45, 2.75) is 46.1 Å². The van der Waals surface area contributed by atoms with E-state index >= 15 is 0 Å². The first-order chi connectivity index (χ1) is 14.3. The standard InChI is InChI=1S/C21H25N5O4/c1-12-19(13(2)26(4)25-12)24-20(28)14(3)30-18(27)11-7-10-17-22-16-9-6-5-8-15(16)21(29)23-17/h5-6,8-9,14H,7,10-11H2,1-4H3,(H,24,28)(H,22,23,29)/t14-/m0/s1.